The van der Waals surface area contributed by atoms with E-state index in [4.69, 9.17) is 9.52 Å². The molecule has 1 saturated heterocycles. The van der Waals surface area contributed by atoms with E-state index in [0.717, 1.165) is 60.9 Å². The maximum absolute atomic E-state index is 13.2. The highest BCUT2D eigenvalue weighted by Crippen LogP contribution is 2.32. The number of aliphatic imine (C=N–C) groups is 1. The first-order valence-corrected chi connectivity index (χ1v) is 11.4. The van der Waals surface area contributed by atoms with Crippen molar-refractivity contribution in [1.29, 1.82) is 0 Å². The van der Waals surface area contributed by atoms with Gasteiger partial charge in [-0.05, 0) is 44.7 Å². The number of rotatable bonds is 3. The van der Waals surface area contributed by atoms with Crippen molar-refractivity contribution in [3.8, 4) is 0 Å². The lowest BCUT2D eigenvalue weighted by Crippen LogP contribution is -2.55. The lowest BCUT2D eigenvalue weighted by molar-refractivity contribution is -0.129. The maximum atomic E-state index is 13.2. The molecular weight excluding hydrogens is 390 g/mol. The summed E-state index contributed by atoms with van der Waals surface area (Å²) < 4.78 is 5.25. The molecule has 164 valence electrons. The second kappa shape index (κ2) is 8.11. The number of amidine groups is 1. The zero-order valence-corrected chi connectivity index (χ0v) is 18.4. The molecule has 7 nitrogen and oxygen atoms in total. The number of fused-ring (bicyclic) bond motifs is 1. The zero-order chi connectivity index (χ0) is 21.4. The number of aryl methyl sites for hydroxylation is 2. The summed E-state index contributed by atoms with van der Waals surface area (Å²) in [6.45, 7) is 5.87. The van der Waals surface area contributed by atoms with E-state index in [1.807, 2.05) is 18.7 Å². The molecule has 5 rings (SSSR count). The molecule has 1 amide bonds. The Kier molecular flexibility index (Phi) is 5.30. The molecule has 2 aliphatic heterocycles. The minimum Gasteiger partial charge on any atom is -0.361 e. The summed E-state index contributed by atoms with van der Waals surface area (Å²) in [4.78, 5) is 20.3. The summed E-state index contributed by atoms with van der Waals surface area (Å²) in [6, 6.07) is 8.78. The first-order chi connectivity index (χ1) is 15.0. The van der Waals surface area contributed by atoms with Gasteiger partial charge in [-0.15, -0.1) is 0 Å². The Balaban J connectivity index is 1.40. The number of para-hydroxylation sites is 1. The number of carbonyl (C=O) groups excluding carboxylic acids is 1. The third kappa shape index (κ3) is 3.87. The Bertz CT molecular complexity index is 988. The minimum absolute atomic E-state index is 0.120. The van der Waals surface area contributed by atoms with E-state index in [9.17, 15) is 4.79 Å². The van der Waals surface area contributed by atoms with Crippen LogP contribution in [0, 0.1) is 13.8 Å². The number of carbonyl (C=O) groups is 1. The molecule has 1 unspecified atom stereocenters. The molecule has 0 radical (unpaired) electrons. The fourth-order valence-corrected chi connectivity index (χ4v) is 5.14. The molecule has 2 N–H and O–H groups in total. The molecule has 3 heterocycles. The van der Waals surface area contributed by atoms with Crippen LogP contribution in [0.1, 0.15) is 54.7 Å². The van der Waals surface area contributed by atoms with Crippen LogP contribution < -0.4 is 10.6 Å². The van der Waals surface area contributed by atoms with Crippen molar-refractivity contribution in [2.24, 2.45) is 4.99 Å². The van der Waals surface area contributed by atoms with Crippen molar-refractivity contribution in [2.45, 2.75) is 70.5 Å². The summed E-state index contributed by atoms with van der Waals surface area (Å²) >= 11 is 0. The van der Waals surface area contributed by atoms with Crippen LogP contribution >= 0.6 is 0 Å². The van der Waals surface area contributed by atoms with Crippen molar-refractivity contribution in [3.05, 3.63) is 46.8 Å². The number of nitrogens with one attached hydrogen (secondary N) is 2. The predicted octanol–water partition coefficient (Wildman–Crippen LogP) is 3.36. The van der Waals surface area contributed by atoms with E-state index in [0.29, 0.717) is 19.0 Å². The fraction of sp³-hybridized carbons (Fsp3) is 0.542. The number of aromatic nitrogens is 1. The van der Waals surface area contributed by atoms with E-state index < -0.39 is 0 Å². The Labute approximate surface area is 183 Å². The molecule has 31 heavy (non-hydrogen) atoms. The SMILES string of the molecule is Cc1noc(C)c1CC(=O)N1CCC2(C1)NCc1ccccc1NC2=NC1CCCC1. The Morgan fingerprint density at radius 2 is 2.10 bits per heavy atom. The average Bonchev–Trinajstić information content (AvgIpc) is 3.48. The van der Waals surface area contributed by atoms with Crippen LogP contribution in [0.25, 0.3) is 0 Å². The third-order valence-electron chi connectivity index (χ3n) is 7.11. The summed E-state index contributed by atoms with van der Waals surface area (Å²) in [7, 11) is 0. The van der Waals surface area contributed by atoms with Crippen molar-refractivity contribution in [2.75, 3.05) is 18.4 Å². The molecule has 1 aromatic heterocycles. The Morgan fingerprint density at radius 3 is 2.87 bits per heavy atom. The Hall–Kier alpha value is -2.67. The van der Waals surface area contributed by atoms with Gasteiger partial charge >= 0.3 is 0 Å². The molecule has 1 atom stereocenters. The molecule has 1 saturated carbocycles. The van der Waals surface area contributed by atoms with Gasteiger partial charge in [0.05, 0.1) is 23.7 Å². The van der Waals surface area contributed by atoms with Crippen LogP contribution in [0.15, 0.2) is 33.8 Å². The highest BCUT2D eigenvalue weighted by Gasteiger charge is 2.45. The normalized spacial score (nSPS) is 25.1. The van der Waals surface area contributed by atoms with Gasteiger partial charge in [0.1, 0.15) is 11.6 Å². The quantitative estimate of drug-likeness (QED) is 0.794. The average molecular weight is 422 g/mol. The first-order valence-electron chi connectivity index (χ1n) is 11.4. The standard InChI is InChI=1S/C24H31N5O2/c1-16-20(17(2)31-28-16)13-22(30)29-12-11-24(15-29)23(26-19-8-4-5-9-19)27-21-10-6-3-7-18(21)14-25-24/h3,6-7,10,19,25H,4-5,8-9,11-15H2,1-2H3,(H,26,27). The summed E-state index contributed by atoms with van der Waals surface area (Å²) in [5.41, 5.74) is 3.72. The van der Waals surface area contributed by atoms with Crippen molar-refractivity contribution >= 4 is 17.4 Å². The van der Waals surface area contributed by atoms with Crippen LogP contribution in [0.3, 0.4) is 0 Å². The van der Waals surface area contributed by atoms with E-state index in [2.05, 4.69) is 40.1 Å². The molecule has 2 aromatic rings. The lowest BCUT2D eigenvalue weighted by Gasteiger charge is -2.31. The van der Waals surface area contributed by atoms with Gasteiger partial charge in [-0.25, -0.2) is 0 Å². The number of amides is 1. The number of benzene rings is 1. The predicted molar refractivity (Wildman–Crippen MR) is 120 cm³/mol. The zero-order valence-electron chi connectivity index (χ0n) is 18.4. The highest BCUT2D eigenvalue weighted by atomic mass is 16.5. The number of anilines is 1. The second-order valence-electron chi connectivity index (χ2n) is 9.18. The van der Waals surface area contributed by atoms with Gasteiger partial charge in [-0.3, -0.25) is 15.1 Å². The molecule has 0 bridgehead atoms. The van der Waals surface area contributed by atoms with Crippen LogP contribution in [-0.2, 0) is 17.8 Å². The highest BCUT2D eigenvalue weighted by molar-refractivity contribution is 6.04. The van der Waals surface area contributed by atoms with E-state index in [1.54, 1.807) is 0 Å². The van der Waals surface area contributed by atoms with E-state index >= 15 is 0 Å². The number of hydrogen-bond acceptors (Lipinski definition) is 5. The van der Waals surface area contributed by atoms with Crippen LogP contribution in [-0.4, -0.2) is 46.5 Å². The van der Waals surface area contributed by atoms with Crippen LogP contribution in [0.2, 0.25) is 0 Å². The molecular formula is C24H31N5O2. The van der Waals surface area contributed by atoms with Gasteiger partial charge < -0.3 is 14.7 Å². The lowest BCUT2D eigenvalue weighted by atomic mass is 9.96. The monoisotopic (exact) mass is 421 g/mol. The number of nitrogens with zero attached hydrogens (tertiary/aromatic N) is 3. The smallest absolute Gasteiger partial charge is 0.227 e. The van der Waals surface area contributed by atoms with Gasteiger partial charge in [0.15, 0.2) is 0 Å². The van der Waals surface area contributed by atoms with E-state index in [-0.39, 0.29) is 11.4 Å². The summed E-state index contributed by atoms with van der Waals surface area (Å²) in [5.74, 6) is 1.85. The molecule has 1 aromatic carbocycles. The first kappa shape index (κ1) is 20.2. The van der Waals surface area contributed by atoms with Crippen molar-refractivity contribution < 1.29 is 9.32 Å². The van der Waals surface area contributed by atoms with Crippen molar-refractivity contribution in [3.63, 3.8) is 0 Å². The summed E-state index contributed by atoms with van der Waals surface area (Å²) in [6.07, 6.45) is 5.99. The second-order valence-corrected chi connectivity index (χ2v) is 9.18. The summed E-state index contributed by atoms with van der Waals surface area (Å²) in [5, 5.41) is 11.4. The van der Waals surface area contributed by atoms with E-state index in [1.165, 1.54) is 18.4 Å². The number of likely N-dealkylation sites (tertiary alicyclic amines) is 1. The molecule has 1 spiro atoms. The number of hydrogen-bond donors (Lipinski definition) is 2. The van der Waals surface area contributed by atoms with Crippen LogP contribution in [0.4, 0.5) is 5.69 Å². The molecule has 2 fully saturated rings. The van der Waals surface area contributed by atoms with Gasteiger partial charge in [-0.1, -0.05) is 36.2 Å². The van der Waals surface area contributed by atoms with Gasteiger partial charge in [0, 0.05) is 30.9 Å². The van der Waals surface area contributed by atoms with Gasteiger partial charge in [-0.2, -0.15) is 0 Å². The van der Waals surface area contributed by atoms with Crippen molar-refractivity contribution in [1.82, 2.24) is 15.4 Å². The van der Waals surface area contributed by atoms with Gasteiger partial charge in [0.2, 0.25) is 5.91 Å². The molecule has 1 aliphatic carbocycles. The fourth-order valence-electron chi connectivity index (χ4n) is 5.14. The maximum Gasteiger partial charge on any atom is 0.227 e. The van der Waals surface area contributed by atoms with Gasteiger partial charge in [0.25, 0.3) is 0 Å². The topological polar surface area (TPSA) is 82.8 Å². The Morgan fingerprint density at radius 1 is 1.29 bits per heavy atom. The minimum atomic E-state index is -0.337. The largest absolute Gasteiger partial charge is 0.361 e. The third-order valence-corrected chi connectivity index (χ3v) is 7.11. The van der Waals surface area contributed by atoms with Crippen LogP contribution in [0.5, 0.6) is 0 Å². The molecule has 3 aliphatic rings. The molecule has 7 heteroatoms.